The van der Waals surface area contributed by atoms with Gasteiger partial charge >= 0.3 is 5.97 Å². The van der Waals surface area contributed by atoms with Crippen molar-refractivity contribution in [2.75, 3.05) is 20.1 Å². The number of rotatable bonds is 5. The summed E-state index contributed by atoms with van der Waals surface area (Å²) in [7, 11) is 1.93. The summed E-state index contributed by atoms with van der Waals surface area (Å²) < 4.78 is 0. The Hall–Kier alpha value is -1.90. The van der Waals surface area contributed by atoms with Gasteiger partial charge in [-0.3, -0.25) is 9.69 Å². The molecule has 0 atom stereocenters. The average Bonchev–Trinajstić information content (AvgIpc) is 2.33. The van der Waals surface area contributed by atoms with Gasteiger partial charge in [-0.2, -0.15) is 5.26 Å². The Morgan fingerprint density at radius 1 is 1.58 bits per heavy atom. The fraction of sp³-hybridized carbons (Fsp3) is 0.429. The van der Waals surface area contributed by atoms with Gasteiger partial charge in [-0.15, -0.1) is 0 Å². The molecular weight excluding hydrogens is 242 g/mol. The minimum absolute atomic E-state index is 0.133. The first kappa shape index (κ1) is 13.5. The third kappa shape index (κ3) is 2.92. The topological polar surface area (TPSA) is 76.4 Å². The average molecular weight is 259 g/mol. The molecule has 1 aliphatic heterocycles. The first-order valence-electron chi connectivity index (χ1n) is 6.18. The van der Waals surface area contributed by atoms with E-state index in [-0.39, 0.29) is 12.0 Å². The van der Waals surface area contributed by atoms with Crippen molar-refractivity contribution < 1.29 is 9.90 Å². The summed E-state index contributed by atoms with van der Waals surface area (Å²) in [4.78, 5) is 13.0. The molecule has 100 valence electrons. The number of hydrogen-bond acceptors (Lipinski definition) is 4. The van der Waals surface area contributed by atoms with Crippen LogP contribution in [0.4, 0.5) is 0 Å². The number of likely N-dealkylation sites (N-methyl/N-ethyl adjacent to an activating group) is 1. The molecule has 0 aromatic heterocycles. The molecule has 1 aromatic rings. The second-order valence-electron chi connectivity index (χ2n) is 5.07. The van der Waals surface area contributed by atoms with Gasteiger partial charge in [0.25, 0.3) is 0 Å². The quantitative estimate of drug-likeness (QED) is 0.818. The van der Waals surface area contributed by atoms with Gasteiger partial charge in [-0.05, 0) is 24.7 Å². The van der Waals surface area contributed by atoms with Crippen LogP contribution in [0.1, 0.15) is 17.5 Å². The zero-order chi connectivity index (χ0) is 13.9. The summed E-state index contributed by atoms with van der Waals surface area (Å²) >= 11 is 0. The van der Waals surface area contributed by atoms with Crippen LogP contribution < -0.4 is 5.32 Å². The van der Waals surface area contributed by atoms with Crippen molar-refractivity contribution in [1.29, 1.82) is 5.26 Å². The largest absolute Gasteiger partial charge is 0.481 e. The SMILES string of the molecule is CN(Cc1cccc(C#N)c1)C1(CC(=O)O)CNC1. The van der Waals surface area contributed by atoms with Gasteiger partial charge in [-0.1, -0.05) is 12.1 Å². The molecule has 0 spiro atoms. The van der Waals surface area contributed by atoms with E-state index in [1.807, 2.05) is 25.2 Å². The Morgan fingerprint density at radius 3 is 2.84 bits per heavy atom. The third-order valence-electron chi connectivity index (χ3n) is 3.67. The summed E-state index contributed by atoms with van der Waals surface area (Å²) in [5, 5.41) is 21.0. The van der Waals surface area contributed by atoms with Crippen LogP contribution in [0.5, 0.6) is 0 Å². The van der Waals surface area contributed by atoms with Crippen LogP contribution in [-0.2, 0) is 11.3 Å². The molecule has 1 fully saturated rings. The van der Waals surface area contributed by atoms with Crippen molar-refractivity contribution in [3.8, 4) is 6.07 Å². The number of carboxylic acid groups (broad SMARTS) is 1. The van der Waals surface area contributed by atoms with E-state index in [2.05, 4.69) is 16.3 Å². The molecule has 0 bridgehead atoms. The highest BCUT2D eigenvalue weighted by molar-refractivity contribution is 5.68. The van der Waals surface area contributed by atoms with Crippen LogP contribution in [0.25, 0.3) is 0 Å². The minimum Gasteiger partial charge on any atom is -0.481 e. The van der Waals surface area contributed by atoms with Crippen LogP contribution in [0, 0.1) is 11.3 Å². The summed E-state index contributed by atoms with van der Waals surface area (Å²) in [6.45, 7) is 2.02. The maximum Gasteiger partial charge on any atom is 0.305 e. The zero-order valence-electron chi connectivity index (χ0n) is 10.9. The second-order valence-corrected chi connectivity index (χ2v) is 5.07. The van der Waals surface area contributed by atoms with E-state index in [4.69, 9.17) is 10.4 Å². The highest BCUT2D eigenvalue weighted by Gasteiger charge is 2.42. The Kier molecular flexibility index (Phi) is 3.84. The molecule has 1 heterocycles. The molecule has 1 aromatic carbocycles. The highest BCUT2D eigenvalue weighted by Crippen LogP contribution is 2.25. The Morgan fingerprint density at radius 2 is 2.32 bits per heavy atom. The fourth-order valence-electron chi connectivity index (χ4n) is 2.41. The van der Waals surface area contributed by atoms with E-state index in [9.17, 15) is 4.79 Å². The van der Waals surface area contributed by atoms with Crippen LogP contribution in [0.2, 0.25) is 0 Å². The fourth-order valence-corrected chi connectivity index (χ4v) is 2.41. The lowest BCUT2D eigenvalue weighted by Crippen LogP contribution is -2.68. The van der Waals surface area contributed by atoms with Crippen LogP contribution in [0.3, 0.4) is 0 Å². The number of nitriles is 1. The molecule has 0 unspecified atom stereocenters. The number of nitrogens with one attached hydrogen (secondary N) is 1. The molecule has 2 rings (SSSR count). The number of benzene rings is 1. The molecule has 5 heteroatoms. The molecular formula is C14H17N3O2. The molecule has 0 saturated carbocycles. The predicted molar refractivity (Wildman–Crippen MR) is 70.5 cm³/mol. The monoisotopic (exact) mass is 259 g/mol. The lowest BCUT2D eigenvalue weighted by atomic mass is 9.86. The molecule has 0 aliphatic carbocycles. The third-order valence-corrected chi connectivity index (χ3v) is 3.67. The van der Waals surface area contributed by atoms with E-state index in [0.717, 1.165) is 5.56 Å². The van der Waals surface area contributed by atoms with Gasteiger partial charge in [0.05, 0.1) is 23.6 Å². The van der Waals surface area contributed by atoms with E-state index >= 15 is 0 Å². The summed E-state index contributed by atoms with van der Waals surface area (Å²) in [6, 6.07) is 9.53. The van der Waals surface area contributed by atoms with E-state index < -0.39 is 5.97 Å². The highest BCUT2D eigenvalue weighted by atomic mass is 16.4. The van der Waals surface area contributed by atoms with Gasteiger partial charge < -0.3 is 10.4 Å². The van der Waals surface area contributed by atoms with Gasteiger partial charge in [-0.25, -0.2) is 0 Å². The van der Waals surface area contributed by atoms with Crippen LogP contribution >= 0.6 is 0 Å². The van der Waals surface area contributed by atoms with Gasteiger partial charge in [0.15, 0.2) is 0 Å². The van der Waals surface area contributed by atoms with Crippen LogP contribution in [-0.4, -0.2) is 41.7 Å². The lowest BCUT2D eigenvalue weighted by Gasteiger charge is -2.48. The van der Waals surface area contributed by atoms with Gasteiger partial charge in [0.1, 0.15) is 0 Å². The molecule has 0 amide bonds. The molecule has 1 saturated heterocycles. The standard InChI is InChI=1S/C14H17N3O2/c1-17(14(6-13(18)19)9-16-10-14)8-12-4-2-3-11(5-12)7-15/h2-5,16H,6,8-10H2,1H3,(H,18,19). The van der Waals surface area contributed by atoms with Crippen molar-refractivity contribution in [3.63, 3.8) is 0 Å². The van der Waals surface area contributed by atoms with Crippen molar-refractivity contribution in [2.45, 2.75) is 18.5 Å². The van der Waals surface area contributed by atoms with E-state index in [0.29, 0.717) is 25.2 Å². The molecule has 19 heavy (non-hydrogen) atoms. The van der Waals surface area contributed by atoms with Crippen LogP contribution in [0.15, 0.2) is 24.3 Å². The number of carboxylic acids is 1. The van der Waals surface area contributed by atoms with Crippen molar-refractivity contribution in [2.24, 2.45) is 0 Å². The smallest absolute Gasteiger partial charge is 0.305 e. The number of hydrogen-bond donors (Lipinski definition) is 2. The van der Waals surface area contributed by atoms with Crippen molar-refractivity contribution >= 4 is 5.97 Å². The normalized spacial score (nSPS) is 16.7. The minimum atomic E-state index is -0.779. The first-order chi connectivity index (χ1) is 9.05. The summed E-state index contributed by atoms with van der Waals surface area (Å²) in [5.41, 5.74) is 1.34. The van der Waals surface area contributed by atoms with E-state index in [1.54, 1.807) is 6.07 Å². The zero-order valence-corrected chi connectivity index (χ0v) is 10.9. The summed E-state index contributed by atoms with van der Waals surface area (Å²) in [5.74, 6) is -0.779. The first-order valence-corrected chi connectivity index (χ1v) is 6.18. The number of aliphatic carboxylic acids is 1. The van der Waals surface area contributed by atoms with Crippen molar-refractivity contribution in [1.82, 2.24) is 10.2 Å². The maximum absolute atomic E-state index is 11.0. The molecule has 1 aliphatic rings. The van der Waals surface area contributed by atoms with E-state index in [1.165, 1.54) is 0 Å². The number of nitrogens with zero attached hydrogens (tertiary/aromatic N) is 2. The van der Waals surface area contributed by atoms with Crippen molar-refractivity contribution in [3.05, 3.63) is 35.4 Å². The molecule has 0 radical (unpaired) electrons. The summed E-state index contributed by atoms with van der Waals surface area (Å²) in [6.07, 6.45) is 0.133. The van der Waals surface area contributed by atoms with Gasteiger partial charge in [0.2, 0.25) is 0 Å². The molecule has 2 N–H and O–H groups in total. The Bertz CT molecular complexity index is 518. The second kappa shape index (κ2) is 5.39. The Labute approximate surface area is 112 Å². The van der Waals surface area contributed by atoms with Gasteiger partial charge in [0, 0.05) is 19.6 Å². The lowest BCUT2D eigenvalue weighted by molar-refractivity contribution is -0.141. The molecule has 5 nitrogen and oxygen atoms in total. The predicted octanol–water partition coefficient (Wildman–Crippen LogP) is 0.807. The number of carbonyl (C=O) groups is 1. The maximum atomic E-state index is 11.0. The Balaban J connectivity index is 2.09.